The van der Waals surface area contributed by atoms with Crippen LogP contribution in [-0.2, 0) is 0 Å². The second kappa shape index (κ2) is 6.50. The Morgan fingerprint density at radius 1 is 1.14 bits per heavy atom. The van der Waals surface area contributed by atoms with Crippen LogP contribution in [0.15, 0.2) is 18.2 Å². The highest BCUT2D eigenvalue weighted by Gasteiger charge is 2.34. The van der Waals surface area contributed by atoms with Gasteiger partial charge in [0.1, 0.15) is 0 Å². The summed E-state index contributed by atoms with van der Waals surface area (Å²) in [4.78, 5) is 2.79. The highest BCUT2D eigenvalue weighted by atomic mass is 15.2. The topological polar surface area (TPSA) is 15.3 Å². The first-order valence-corrected chi connectivity index (χ1v) is 8.73. The smallest absolute Gasteiger partial charge is 0.0326 e. The number of nitrogens with zero attached hydrogens (tertiary/aromatic N) is 1. The number of benzene rings is 1. The number of piperidine rings is 1. The minimum atomic E-state index is 0.539. The summed E-state index contributed by atoms with van der Waals surface area (Å²) in [5, 5.41) is 3.75. The monoisotopic (exact) mass is 286 g/mol. The van der Waals surface area contributed by atoms with Crippen molar-refractivity contribution in [2.45, 2.75) is 71.0 Å². The molecule has 2 heteroatoms. The molecule has 21 heavy (non-hydrogen) atoms. The summed E-state index contributed by atoms with van der Waals surface area (Å²) in [6.45, 7) is 9.36. The van der Waals surface area contributed by atoms with Gasteiger partial charge in [-0.25, -0.2) is 0 Å². The van der Waals surface area contributed by atoms with Crippen molar-refractivity contribution in [3.63, 3.8) is 0 Å². The van der Waals surface area contributed by atoms with Gasteiger partial charge in [0.05, 0.1) is 0 Å². The van der Waals surface area contributed by atoms with E-state index in [9.17, 15) is 0 Å². The van der Waals surface area contributed by atoms with Gasteiger partial charge < -0.3 is 5.32 Å². The van der Waals surface area contributed by atoms with Crippen molar-refractivity contribution >= 4 is 0 Å². The molecule has 0 amide bonds. The summed E-state index contributed by atoms with van der Waals surface area (Å²) >= 11 is 0. The Morgan fingerprint density at radius 3 is 2.76 bits per heavy atom. The maximum Gasteiger partial charge on any atom is 0.0326 e. The van der Waals surface area contributed by atoms with Crippen LogP contribution in [0.25, 0.3) is 0 Å². The van der Waals surface area contributed by atoms with E-state index in [1.54, 1.807) is 0 Å². The normalized spacial score (nSPS) is 28.7. The standard InChI is InChI=1S/C19H30N2/c1-14-9-10-15(2)17(13-14)16(3)21-12-5-4-8-19(21)18-7-6-11-20-18/h9-10,13,16,18-20H,4-8,11-12H2,1-3H3. The minimum Gasteiger partial charge on any atom is -0.312 e. The predicted molar refractivity (Wildman–Crippen MR) is 89.7 cm³/mol. The first-order valence-electron chi connectivity index (χ1n) is 8.73. The molecule has 3 atom stereocenters. The Morgan fingerprint density at radius 2 is 2.00 bits per heavy atom. The van der Waals surface area contributed by atoms with Gasteiger partial charge in [0, 0.05) is 18.1 Å². The fourth-order valence-electron chi connectivity index (χ4n) is 4.32. The zero-order chi connectivity index (χ0) is 14.8. The van der Waals surface area contributed by atoms with E-state index in [1.807, 2.05) is 0 Å². The molecule has 0 saturated carbocycles. The molecule has 3 unspecified atom stereocenters. The number of nitrogens with one attached hydrogen (secondary N) is 1. The zero-order valence-electron chi connectivity index (χ0n) is 13.9. The molecule has 2 aliphatic heterocycles. The Kier molecular flexibility index (Phi) is 4.66. The SMILES string of the molecule is Cc1ccc(C)c(C(C)N2CCCCC2C2CCCN2)c1. The van der Waals surface area contributed by atoms with Crippen molar-refractivity contribution in [3.8, 4) is 0 Å². The summed E-state index contributed by atoms with van der Waals surface area (Å²) < 4.78 is 0. The Labute approximate surface area is 129 Å². The number of likely N-dealkylation sites (tertiary alicyclic amines) is 1. The summed E-state index contributed by atoms with van der Waals surface area (Å²) in [6.07, 6.45) is 6.84. The Hall–Kier alpha value is -0.860. The van der Waals surface area contributed by atoms with Gasteiger partial charge >= 0.3 is 0 Å². The second-order valence-corrected chi connectivity index (χ2v) is 7.04. The lowest BCUT2D eigenvalue weighted by molar-refractivity contribution is 0.0800. The van der Waals surface area contributed by atoms with E-state index in [4.69, 9.17) is 0 Å². The van der Waals surface area contributed by atoms with Crippen LogP contribution in [0.5, 0.6) is 0 Å². The first kappa shape index (κ1) is 15.1. The first-order chi connectivity index (χ1) is 10.2. The molecule has 3 rings (SSSR count). The van der Waals surface area contributed by atoms with E-state index >= 15 is 0 Å². The fraction of sp³-hybridized carbons (Fsp3) is 0.684. The van der Waals surface area contributed by atoms with Crippen molar-refractivity contribution in [2.24, 2.45) is 0 Å². The van der Waals surface area contributed by atoms with Gasteiger partial charge in [-0.15, -0.1) is 0 Å². The largest absolute Gasteiger partial charge is 0.312 e. The average Bonchev–Trinajstić information content (AvgIpc) is 3.03. The molecule has 1 aromatic rings. The maximum absolute atomic E-state index is 3.75. The third-order valence-corrected chi connectivity index (χ3v) is 5.54. The van der Waals surface area contributed by atoms with E-state index in [0.717, 1.165) is 12.1 Å². The number of hydrogen-bond donors (Lipinski definition) is 1. The highest BCUT2D eigenvalue weighted by Crippen LogP contribution is 2.33. The molecule has 0 aromatic heterocycles. The summed E-state index contributed by atoms with van der Waals surface area (Å²) in [5.41, 5.74) is 4.35. The fourth-order valence-corrected chi connectivity index (χ4v) is 4.32. The van der Waals surface area contributed by atoms with Crippen molar-refractivity contribution in [1.82, 2.24) is 10.2 Å². The molecular formula is C19H30N2. The minimum absolute atomic E-state index is 0.539. The molecule has 2 saturated heterocycles. The molecule has 2 heterocycles. The van der Waals surface area contributed by atoms with Gasteiger partial charge in [-0.2, -0.15) is 0 Å². The van der Waals surface area contributed by atoms with Crippen LogP contribution in [0.1, 0.15) is 61.8 Å². The molecule has 1 N–H and O–H groups in total. The molecule has 0 spiro atoms. The molecule has 2 aliphatic rings. The van der Waals surface area contributed by atoms with Crippen molar-refractivity contribution in [3.05, 3.63) is 34.9 Å². The van der Waals surface area contributed by atoms with Crippen LogP contribution in [0.3, 0.4) is 0 Å². The third-order valence-electron chi connectivity index (χ3n) is 5.54. The van der Waals surface area contributed by atoms with Crippen LogP contribution in [-0.4, -0.2) is 30.1 Å². The lowest BCUT2D eigenvalue weighted by Crippen LogP contribution is -2.51. The molecule has 2 nitrogen and oxygen atoms in total. The van der Waals surface area contributed by atoms with E-state index in [1.165, 1.54) is 61.9 Å². The lowest BCUT2D eigenvalue weighted by atomic mass is 9.90. The van der Waals surface area contributed by atoms with Crippen LogP contribution in [0.2, 0.25) is 0 Å². The quantitative estimate of drug-likeness (QED) is 0.904. The Balaban J connectivity index is 1.83. The van der Waals surface area contributed by atoms with Crippen molar-refractivity contribution in [2.75, 3.05) is 13.1 Å². The molecule has 1 aromatic carbocycles. The number of rotatable bonds is 3. The summed E-state index contributed by atoms with van der Waals surface area (Å²) in [6, 6.07) is 8.91. The van der Waals surface area contributed by atoms with E-state index in [2.05, 4.69) is 49.2 Å². The van der Waals surface area contributed by atoms with Crippen molar-refractivity contribution in [1.29, 1.82) is 0 Å². The maximum atomic E-state index is 3.75. The van der Waals surface area contributed by atoms with Crippen LogP contribution < -0.4 is 5.32 Å². The average molecular weight is 286 g/mol. The van der Waals surface area contributed by atoms with Gasteiger partial charge in [0.15, 0.2) is 0 Å². The van der Waals surface area contributed by atoms with Crippen molar-refractivity contribution < 1.29 is 0 Å². The molecular weight excluding hydrogens is 256 g/mol. The van der Waals surface area contributed by atoms with E-state index < -0.39 is 0 Å². The lowest BCUT2D eigenvalue weighted by Gasteiger charge is -2.43. The van der Waals surface area contributed by atoms with Crippen LogP contribution in [0.4, 0.5) is 0 Å². The highest BCUT2D eigenvalue weighted by molar-refractivity contribution is 5.33. The summed E-state index contributed by atoms with van der Waals surface area (Å²) in [7, 11) is 0. The summed E-state index contributed by atoms with van der Waals surface area (Å²) in [5.74, 6) is 0. The molecule has 0 bridgehead atoms. The molecule has 0 radical (unpaired) electrons. The van der Waals surface area contributed by atoms with Crippen LogP contribution >= 0.6 is 0 Å². The predicted octanol–water partition coefficient (Wildman–Crippen LogP) is 3.97. The van der Waals surface area contributed by atoms with E-state index in [0.29, 0.717) is 6.04 Å². The van der Waals surface area contributed by atoms with Gasteiger partial charge in [-0.3, -0.25) is 4.90 Å². The Bertz CT molecular complexity index is 476. The van der Waals surface area contributed by atoms with E-state index in [-0.39, 0.29) is 0 Å². The van der Waals surface area contributed by atoms with Crippen LogP contribution in [0, 0.1) is 13.8 Å². The number of aryl methyl sites for hydroxylation is 2. The van der Waals surface area contributed by atoms with Gasteiger partial charge in [-0.1, -0.05) is 30.2 Å². The number of hydrogen-bond acceptors (Lipinski definition) is 2. The third kappa shape index (κ3) is 3.17. The molecule has 116 valence electrons. The second-order valence-electron chi connectivity index (χ2n) is 7.04. The molecule has 0 aliphatic carbocycles. The van der Waals surface area contributed by atoms with Gasteiger partial charge in [0.2, 0.25) is 0 Å². The zero-order valence-corrected chi connectivity index (χ0v) is 13.9. The molecule has 2 fully saturated rings. The van der Waals surface area contributed by atoms with Gasteiger partial charge in [0.25, 0.3) is 0 Å². The van der Waals surface area contributed by atoms with Gasteiger partial charge in [-0.05, 0) is 70.7 Å².